The van der Waals surface area contributed by atoms with Gasteiger partial charge in [0.1, 0.15) is 0 Å². The van der Waals surface area contributed by atoms with Crippen molar-refractivity contribution in [3.8, 4) is 0 Å². The number of benzene rings is 1. The topological polar surface area (TPSA) is 72.1 Å². The lowest BCUT2D eigenvalue weighted by Crippen LogP contribution is -2.47. The van der Waals surface area contributed by atoms with Crippen molar-refractivity contribution in [1.82, 2.24) is 29.4 Å². The molecule has 0 aliphatic carbocycles. The number of rotatable bonds is 6. The van der Waals surface area contributed by atoms with Gasteiger partial charge in [0.25, 0.3) is 12.0 Å². The van der Waals surface area contributed by atoms with Gasteiger partial charge >= 0.3 is 0 Å². The molecular weight excluding hydrogens is 368 g/mol. The zero-order valence-electron chi connectivity index (χ0n) is 15.3. The van der Waals surface area contributed by atoms with Crippen LogP contribution in [0, 0.1) is 0 Å². The Hall–Kier alpha value is -2.88. The van der Waals surface area contributed by atoms with E-state index in [1.54, 1.807) is 23.3 Å². The van der Waals surface area contributed by atoms with Gasteiger partial charge in [-0.2, -0.15) is 15.0 Å². The Kier molecular flexibility index (Phi) is 5.29. The molecule has 0 unspecified atom stereocenters. The van der Waals surface area contributed by atoms with Crippen molar-refractivity contribution in [3.63, 3.8) is 0 Å². The summed E-state index contributed by atoms with van der Waals surface area (Å²) in [6.07, 6.45) is 1.96. The van der Waals surface area contributed by atoms with E-state index in [1.807, 2.05) is 12.1 Å². The normalized spacial score (nSPS) is 15.6. The molecule has 0 amide bonds. The van der Waals surface area contributed by atoms with Crippen molar-refractivity contribution in [2.75, 3.05) is 37.6 Å². The minimum atomic E-state index is -2.59. The number of hydrogen-bond donors (Lipinski definition) is 0. The summed E-state index contributed by atoms with van der Waals surface area (Å²) in [6, 6.07) is 5.39. The van der Waals surface area contributed by atoms with Gasteiger partial charge in [0, 0.05) is 38.4 Å². The summed E-state index contributed by atoms with van der Waals surface area (Å²) in [5, 5.41) is 8.59. The number of piperazine rings is 1. The van der Waals surface area contributed by atoms with E-state index in [0.717, 1.165) is 49.5 Å². The Morgan fingerprint density at radius 1 is 1.04 bits per heavy atom. The first-order valence-corrected chi connectivity index (χ1v) is 9.19. The Morgan fingerprint density at radius 2 is 1.79 bits per heavy atom. The minimum absolute atomic E-state index is 0.359. The van der Waals surface area contributed by atoms with E-state index in [2.05, 4.69) is 25.0 Å². The van der Waals surface area contributed by atoms with E-state index in [1.165, 1.54) is 6.33 Å². The largest absolute Gasteiger partial charge is 0.369 e. The van der Waals surface area contributed by atoms with E-state index in [-0.39, 0.29) is 0 Å². The molecule has 1 aliphatic heterocycles. The van der Waals surface area contributed by atoms with E-state index < -0.39 is 18.5 Å². The molecule has 148 valence electrons. The maximum absolute atomic E-state index is 12.6. The molecular formula is C18H21F2N7O. The second-order valence-electron chi connectivity index (χ2n) is 6.75. The van der Waals surface area contributed by atoms with Crippen LogP contribution in [0.5, 0.6) is 0 Å². The van der Waals surface area contributed by atoms with Crippen LogP contribution in [0.15, 0.2) is 41.7 Å². The standard InChI is InChI=1S/C18H21F2N7O/c19-17(20)12-26-13-21-16-11-14(1-2-15(16)18(26)28)25-8-5-24(6-9-25)7-10-27-22-3-4-23-27/h1-4,11,13,17H,5-10,12H2. The predicted molar refractivity (Wildman–Crippen MR) is 101 cm³/mol. The monoisotopic (exact) mass is 389 g/mol. The number of aromatic nitrogens is 5. The Morgan fingerprint density at radius 3 is 2.50 bits per heavy atom. The van der Waals surface area contributed by atoms with Gasteiger partial charge in [-0.15, -0.1) is 0 Å². The molecule has 0 bridgehead atoms. The Bertz CT molecular complexity index is 981. The number of nitrogens with zero attached hydrogens (tertiary/aromatic N) is 7. The number of halogens is 2. The van der Waals surface area contributed by atoms with Crippen LogP contribution in [0.3, 0.4) is 0 Å². The minimum Gasteiger partial charge on any atom is -0.369 e. The zero-order chi connectivity index (χ0) is 19.5. The maximum atomic E-state index is 12.6. The smallest absolute Gasteiger partial charge is 0.261 e. The first-order chi connectivity index (χ1) is 13.6. The van der Waals surface area contributed by atoms with Gasteiger partial charge in [-0.1, -0.05) is 0 Å². The van der Waals surface area contributed by atoms with Gasteiger partial charge in [0.2, 0.25) is 0 Å². The zero-order valence-corrected chi connectivity index (χ0v) is 15.3. The van der Waals surface area contributed by atoms with Gasteiger partial charge in [0.05, 0.1) is 42.7 Å². The summed E-state index contributed by atoms with van der Waals surface area (Å²) >= 11 is 0. The van der Waals surface area contributed by atoms with Crippen molar-refractivity contribution in [2.24, 2.45) is 0 Å². The van der Waals surface area contributed by atoms with Crippen molar-refractivity contribution in [1.29, 1.82) is 0 Å². The summed E-state index contributed by atoms with van der Waals surface area (Å²) in [7, 11) is 0. The number of fused-ring (bicyclic) bond motifs is 1. The molecule has 10 heteroatoms. The third kappa shape index (κ3) is 4.01. The van der Waals surface area contributed by atoms with Crippen molar-refractivity contribution in [3.05, 3.63) is 47.3 Å². The van der Waals surface area contributed by atoms with Crippen LogP contribution in [-0.4, -0.2) is 68.6 Å². The molecule has 4 rings (SSSR count). The van der Waals surface area contributed by atoms with Gasteiger partial charge in [-0.3, -0.25) is 14.3 Å². The summed E-state index contributed by atoms with van der Waals surface area (Å²) in [6.45, 7) is 4.58. The van der Waals surface area contributed by atoms with E-state index in [0.29, 0.717) is 10.9 Å². The highest BCUT2D eigenvalue weighted by Gasteiger charge is 2.18. The molecule has 1 saturated heterocycles. The maximum Gasteiger partial charge on any atom is 0.261 e. The lowest BCUT2D eigenvalue weighted by Gasteiger charge is -2.36. The van der Waals surface area contributed by atoms with Crippen LogP contribution in [0.4, 0.5) is 14.5 Å². The molecule has 0 spiro atoms. The predicted octanol–water partition coefficient (Wildman–Crippen LogP) is 1.08. The van der Waals surface area contributed by atoms with Crippen LogP contribution in [0.25, 0.3) is 10.9 Å². The van der Waals surface area contributed by atoms with Crippen LogP contribution in [0.1, 0.15) is 0 Å². The SMILES string of the molecule is O=c1c2ccc(N3CCN(CCn4nccn4)CC3)cc2ncn1CC(F)F. The molecule has 1 aromatic carbocycles. The lowest BCUT2D eigenvalue weighted by atomic mass is 10.2. The summed E-state index contributed by atoms with van der Waals surface area (Å²) < 4.78 is 26.1. The molecule has 2 aromatic heterocycles. The first-order valence-electron chi connectivity index (χ1n) is 9.19. The summed E-state index contributed by atoms with van der Waals surface area (Å²) in [4.78, 5) is 22.8. The fourth-order valence-corrected chi connectivity index (χ4v) is 3.44. The van der Waals surface area contributed by atoms with E-state index >= 15 is 0 Å². The number of alkyl halides is 2. The van der Waals surface area contributed by atoms with Gasteiger partial charge < -0.3 is 4.90 Å². The fourth-order valence-electron chi connectivity index (χ4n) is 3.44. The third-order valence-corrected chi connectivity index (χ3v) is 4.96. The van der Waals surface area contributed by atoms with Gasteiger partial charge in [-0.25, -0.2) is 13.8 Å². The highest BCUT2D eigenvalue weighted by molar-refractivity contribution is 5.81. The van der Waals surface area contributed by atoms with E-state index in [9.17, 15) is 13.6 Å². The van der Waals surface area contributed by atoms with Crippen molar-refractivity contribution in [2.45, 2.75) is 19.5 Å². The Balaban J connectivity index is 1.41. The lowest BCUT2D eigenvalue weighted by molar-refractivity contribution is 0.125. The van der Waals surface area contributed by atoms with Crippen LogP contribution in [-0.2, 0) is 13.1 Å². The van der Waals surface area contributed by atoms with E-state index in [4.69, 9.17) is 0 Å². The van der Waals surface area contributed by atoms with Gasteiger partial charge in [0.15, 0.2) is 0 Å². The van der Waals surface area contributed by atoms with Crippen LogP contribution in [0.2, 0.25) is 0 Å². The second kappa shape index (κ2) is 8.01. The molecule has 28 heavy (non-hydrogen) atoms. The quantitative estimate of drug-likeness (QED) is 0.628. The number of anilines is 1. The highest BCUT2D eigenvalue weighted by atomic mass is 19.3. The highest BCUT2D eigenvalue weighted by Crippen LogP contribution is 2.20. The molecule has 0 atom stereocenters. The molecule has 0 radical (unpaired) electrons. The van der Waals surface area contributed by atoms with Crippen molar-refractivity contribution < 1.29 is 8.78 Å². The first kappa shape index (κ1) is 18.5. The molecule has 0 N–H and O–H groups in total. The Labute approximate surface area is 160 Å². The van der Waals surface area contributed by atoms with Crippen LogP contribution < -0.4 is 10.5 Å². The van der Waals surface area contributed by atoms with Crippen molar-refractivity contribution >= 4 is 16.6 Å². The molecule has 1 fully saturated rings. The third-order valence-electron chi connectivity index (χ3n) is 4.96. The molecule has 1 aliphatic rings. The fraction of sp³-hybridized carbons (Fsp3) is 0.444. The molecule has 3 aromatic rings. The van der Waals surface area contributed by atoms with Gasteiger partial charge in [-0.05, 0) is 18.2 Å². The average molecular weight is 389 g/mol. The summed E-state index contributed by atoms with van der Waals surface area (Å²) in [5.41, 5.74) is 1.08. The summed E-state index contributed by atoms with van der Waals surface area (Å²) in [5.74, 6) is 0. The molecule has 0 saturated carbocycles. The number of hydrogen-bond acceptors (Lipinski definition) is 6. The van der Waals surface area contributed by atoms with Crippen LogP contribution >= 0.6 is 0 Å². The average Bonchev–Trinajstić information content (AvgIpc) is 3.22. The molecule has 3 heterocycles. The second-order valence-corrected chi connectivity index (χ2v) is 6.75. The molecule has 8 nitrogen and oxygen atoms in total.